The van der Waals surface area contributed by atoms with E-state index in [1.54, 1.807) is 16.9 Å². The molecule has 4 aromatic rings. The first-order chi connectivity index (χ1) is 18.9. The molecule has 3 fully saturated rings. The van der Waals surface area contributed by atoms with E-state index >= 15 is 0 Å². The number of anilines is 1. The third kappa shape index (κ3) is 3.75. The van der Waals surface area contributed by atoms with Crippen LogP contribution in [0.15, 0.2) is 36.8 Å². The van der Waals surface area contributed by atoms with E-state index in [2.05, 4.69) is 25.9 Å². The molecule has 200 valence electrons. The maximum absolute atomic E-state index is 14.5. The van der Waals surface area contributed by atoms with E-state index in [4.69, 9.17) is 16.1 Å². The second-order valence-electron chi connectivity index (χ2n) is 10.3. The molecule has 0 spiro atoms. The van der Waals surface area contributed by atoms with E-state index in [1.165, 1.54) is 0 Å². The van der Waals surface area contributed by atoms with Crippen LogP contribution in [-0.4, -0.2) is 71.6 Å². The minimum atomic E-state index is -1.81. The monoisotopic (exact) mass is 547 g/mol. The summed E-state index contributed by atoms with van der Waals surface area (Å²) in [6.07, 6.45) is 11.2. The van der Waals surface area contributed by atoms with Gasteiger partial charge in [0.05, 0.1) is 42.0 Å². The fourth-order valence-corrected chi connectivity index (χ4v) is 6.80. The zero-order valence-electron chi connectivity index (χ0n) is 21.1. The molecular formula is C27H26FN7O3S. The van der Waals surface area contributed by atoms with E-state index in [0.29, 0.717) is 36.8 Å². The standard InChI is InChI=1S/C27H26FN7O3S/c1-3-38-16-11-17(21-18-13-30-32-24(18)33-35(21)14-16)15-5-6-19(29-12-15)34-10-9-27(39-4-2,20-22(34)23(20)36)31-25(37)26(28)7-8-26/h2,5-6,11-14,20,22-23,36H,3,7-10H2,1H3,(H,31,37)(H,32,33)/t20?,22-,23-,27-/m0/s1. The number of ether oxygens (including phenoxy) is 1. The molecule has 2 saturated carbocycles. The number of halogens is 1. The van der Waals surface area contributed by atoms with Crippen molar-refractivity contribution in [1.29, 1.82) is 0 Å². The molecule has 3 aliphatic rings. The van der Waals surface area contributed by atoms with Gasteiger partial charge in [0.15, 0.2) is 11.3 Å². The number of carbonyl (C=O) groups is 1. The lowest BCUT2D eigenvalue weighted by atomic mass is 10.0. The summed E-state index contributed by atoms with van der Waals surface area (Å²) in [6, 6.07) is 5.60. The predicted molar refractivity (Wildman–Crippen MR) is 145 cm³/mol. The highest BCUT2D eigenvalue weighted by molar-refractivity contribution is 8.05. The minimum Gasteiger partial charge on any atom is -0.492 e. The number of thioether (sulfide) groups is 1. The van der Waals surface area contributed by atoms with E-state index in [0.717, 1.165) is 33.8 Å². The number of aromatic amines is 1. The molecule has 5 heterocycles. The summed E-state index contributed by atoms with van der Waals surface area (Å²) in [5, 5.41) is 28.9. The van der Waals surface area contributed by atoms with Gasteiger partial charge in [-0.3, -0.25) is 9.89 Å². The third-order valence-electron chi connectivity index (χ3n) is 8.00. The molecule has 1 saturated heterocycles. The Balaban J connectivity index is 1.18. The maximum Gasteiger partial charge on any atom is 0.258 e. The van der Waals surface area contributed by atoms with Crippen molar-refractivity contribution >= 4 is 40.0 Å². The van der Waals surface area contributed by atoms with Crippen molar-refractivity contribution in [3.05, 3.63) is 36.8 Å². The van der Waals surface area contributed by atoms with Gasteiger partial charge < -0.3 is 20.1 Å². The summed E-state index contributed by atoms with van der Waals surface area (Å²) in [5.74, 6) is 0.432. The average Bonchev–Trinajstić information content (AvgIpc) is 3.72. The molecule has 10 nitrogen and oxygen atoms in total. The zero-order chi connectivity index (χ0) is 26.9. The number of pyridine rings is 2. The number of aromatic nitrogens is 5. The Bertz CT molecular complexity index is 1640. The number of carbonyl (C=O) groups excluding carboxylic acids is 1. The number of H-pyrrole nitrogens is 1. The molecule has 1 unspecified atom stereocenters. The van der Waals surface area contributed by atoms with Crippen LogP contribution in [0.2, 0.25) is 0 Å². The highest BCUT2D eigenvalue weighted by Gasteiger charge is 2.68. The van der Waals surface area contributed by atoms with Gasteiger partial charge in [0.1, 0.15) is 16.4 Å². The topological polar surface area (TPSA) is 121 Å². The number of nitrogens with one attached hydrogen (secondary N) is 2. The fourth-order valence-electron chi connectivity index (χ4n) is 5.84. The van der Waals surface area contributed by atoms with Crippen LogP contribution >= 0.6 is 11.8 Å². The van der Waals surface area contributed by atoms with Crippen LogP contribution in [0.5, 0.6) is 5.75 Å². The van der Waals surface area contributed by atoms with E-state index in [-0.39, 0.29) is 24.8 Å². The smallest absolute Gasteiger partial charge is 0.258 e. The number of terminal acetylenes is 1. The highest BCUT2D eigenvalue weighted by atomic mass is 32.2. The Morgan fingerprint density at radius 3 is 2.95 bits per heavy atom. The number of amides is 1. The highest BCUT2D eigenvalue weighted by Crippen LogP contribution is 2.55. The Kier molecular flexibility index (Phi) is 5.34. The van der Waals surface area contributed by atoms with Gasteiger partial charge in [0.2, 0.25) is 0 Å². The summed E-state index contributed by atoms with van der Waals surface area (Å²) >= 11 is 1.13. The van der Waals surface area contributed by atoms with Crippen LogP contribution in [0, 0.1) is 17.6 Å². The van der Waals surface area contributed by atoms with Crippen LogP contribution in [0.3, 0.4) is 0 Å². The summed E-state index contributed by atoms with van der Waals surface area (Å²) < 4.78 is 22.0. The van der Waals surface area contributed by atoms with Gasteiger partial charge in [-0.1, -0.05) is 0 Å². The maximum atomic E-state index is 14.5. The second-order valence-corrected chi connectivity index (χ2v) is 11.5. The van der Waals surface area contributed by atoms with Crippen LogP contribution in [0.25, 0.3) is 27.7 Å². The first-order valence-electron chi connectivity index (χ1n) is 12.9. The molecular weight excluding hydrogens is 521 g/mol. The van der Waals surface area contributed by atoms with Crippen LogP contribution in [0.4, 0.5) is 10.2 Å². The van der Waals surface area contributed by atoms with Gasteiger partial charge in [-0.15, -0.1) is 11.5 Å². The number of piperidine rings is 1. The summed E-state index contributed by atoms with van der Waals surface area (Å²) in [4.78, 5) is 18.5. The first kappa shape index (κ1) is 24.2. The molecule has 0 aromatic carbocycles. The number of alkyl halides is 1. The largest absolute Gasteiger partial charge is 0.492 e. The normalized spacial score (nSPS) is 26.7. The summed E-state index contributed by atoms with van der Waals surface area (Å²) in [5.41, 5.74) is 1.53. The summed E-state index contributed by atoms with van der Waals surface area (Å²) in [7, 11) is 0. The minimum absolute atomic E-state index is 0.222. The van der Waals surface area contributed by atoms with Crippen molar-refractivity contribution in [2.75, 3.05) is 18.1 Å². The molecule has 2 aliphatic carbocycles. The molecule has 0 bridgehead atoms. The van der Waals surface area contributed by atoms with E-state index in [9.17, 15) is 14.3 Å². The molecule has 7 rings (SSSR count). The number of hydrogen-bond acceptors (Lipinski definition) is 8. The third-order valence-corrected chi connectivity index (χ3v) is 9.06. The van der Waals surface area contributed by atoms with Gasteiger partial charge in [-0.25, -0.2) is 13.9 Å². The van der Waals surface area contributed by atoms with Crippen LogP contribution in [0.1, 0.15) is 26.2 Å². The molecule has 39 heavy (non-hydrogen) atoms. The number of aliphatic hydroxyl groups is 1. The number of fused-ring (bicyclic) bond motifs is 4. The quantitative estimate of drug-likeness (QED) is 0.239. The Morgan fingerprint density at radius 1 is 1.38 bits per heavy atom. The SMILES string of the molecule is C#CS[C@@]1(NC(=O)C2(F)CC2)CCN(c2ccc(-c3cc(OCC)cn4nc5[nH]ncc5c34)cn2)[C@H]2C1[C@@H]2O. The van der Waals surface area contributed by atoms with Crippen molar-refractivity contribution in [3.63, 3.8) is 0 Å². The lowest BCUT2D eigenvalue weighted by molar-refractivity contribution is -0.128. The van der Waals surface area contributed by atoms with Crippen LogP contribution in [-0.2, 0) is 4.79 Å². The predicted octanol–water partition coefficient (Wildman–Crippen LogP) is 2.88. The van der Waals surface area contributed by atoms with E-state index in [1.807, 2.05) is 36.2 Å². The molecule has 0 radical (unpaired) electrons. The van der Waals surface area contributed by atoms with Crippen molar-refractivity contribution in [2.24, 2.45) is 5.92 Å². The number of hydrogen-bond donors (Lipinski definition) is 3. The lowest BCUT2D eigenvalue weighted by Gasteiger charge is -2.40. The molecule has 12 heteroatoms. The number of rotatable bonds is 7. The summed E-state index contributed by atoms with van der Waals surface area (Å²) in [6.45, 7) is 2.95. The average molecular weight is 548 g/mol. The van der Waals surface area contributed by atoms with Gasteiger partial charge >= 0.3 is 0 Å². The van der Waals surface area contributed by atoms with Crippen molar-refractivity contribution in [2.45, 2.75) is 48.9 Å². The zero-order valence-corrected chi connectivity index (χ0v) is 21.9. The van der Waals surface area contributed by atoms with Gasteiger partial charge in [0, 0.05) is 29.8 Å². The van der Waals surface area contributed by atoms with E-state index < -0.39 is 22.6 Å². The number of nitrogens with zero attached hydrogens (tertiary/aromatic N) is 5. The van der Waals surface area contributed by atoms with Gasteiger partial charge in [-0.2, -0.15) is 5.10 Å². The lowest BCUT2D eigenvalue weighted by Crippen LogP contribution is -2.56. The van der Waals surface area contributed by atoms with Crippen molar-refractivity contribution < 1.29 is 19.0 Å². The Morgan fingerprint density at radius 2 is 2.23 bits per heavy atom. The van der Waals surface area contributed by atoms with Crippen molar-refractivity contribution in [3.8, 4) is 28.6 Å². The molecule has 4 atom stereocenters. The van der Waals surface area contributed by atoms with Crippen molar-refractivity contribution in [1.82, 2.24) is 30.1 Å². The Labute approximate surface area is 227 Å². The Hall–Kier alpha value is -3.82. The second kappa shape index (κ2) is 8.59. The molecule has 1 aliphatic heterocycles. The fraction of sp³-hybridized carbons (Fsp3) is 0.407. The molecule has 1 amide bonds. The van der Waals surface area contributed by atoms with Gasteiger partial charge in [-0.05, 0) is 61.4 Å². The molecule has 3 N–H and O–H groups in total. The first-order valence-corrected chi connectivity index (χ1v) is 13.7. The van der Waals surface area contributed by atoms with Gasteiger partial charge in [0.25, 0.3) is 5.91 Å². The van der Waals surface area contributed by atoms with Crippen LogP contribution < -0.4 is 15.0 Å². The number of aliphatic hydroxyl groups excluding tert-OH is 1. The molecule has 4 aromatic heterocycles.